The molecule has 1 heterocycles. The molecular weight excluding hydrogens is 327 g/mol. The molecule has 1 unspecified atom stereocenters. The highest BCUT2D eigenvalue weighted by Gasteiger charge is 2.24. The van der Waals surface area contributed by atoms with E-state index in [1.165, 1.54) is 12.3 Å². The fourth-order valence-corrected chi connectivity index (χ4v) is 3.69. The molecule has 4 nitrogen and oxygen atoms in total. The van der Waals surface area contributed by atoms with Crippen LogP contribution in [-0.2, 0) is 16.4 Å². The Bertz CT molecular complexity index is 806. The number of rotatable bonds is 4. The van der Waals surface area contributed by atoms with Crippen LogP contribution in [0.4, 0.5) is 4.39 Å². The first kappa shape index (κ1) is 17.1. The van der Waals surface area contributed by atoms with Crippen molar-refractivity contribution in [3.63, 3.8) is 0 Å². The second kappa shape index (κ2) is 7.01. The van der Waals surface area contributed by atoms with E-state index in [9.17, 15) is 12.8 Å². The van der Waals surface area contributed by atoms with Crippen LogP contribution in [0.5, 0.6) is 0 Å². The molecule has 3 rings (SSSR count). The molecular formula is C18H21FN2O2S. The summed E-state index contributed by atoms with van der Waals surface area (Å²) in [5.41, 5.74) is 2.00. The van der Waals surface area contributed by atoms with Crippen LogP contribution in [0.3, 0.4) is 0 Å². The van der Waals surface area contributed by atoms with E-state index in [2.05, 4.69) is 10.2 Å². The monoisotopic (exact) mass is 348 g/mol. The molecule has 2 aromatic rings. The van der Waals surface area contributed by atoms with Gasteiger partial charge in [-0.25, -0.2) is 12.8 Å². The summed E-state index contributed by atoms with van der Waals surface area (Å²) in [5, 5.41) is 3.35. The van der Waals surface area contributed by atoms with Crippen LogP contribution in [0.15, 0.2) is 53.4 Å². The lowest BCUT2D eigenvalue weighted by Crippen LogP contribution is -2.45. The van der Waals surface area contributed by atoms with E-state index in [1.54, 1.807) is 24.3 Å². The van der Waals surface area contributed by atoms with Crippen molar-refractivity contribution in [2.75, 3.05) is 25.9 Å². The Balaban J connectivity index is 1.79. The minimum Gasteiger partial charge on any atom is -0.314 e. The number of piperazine rings is 1. The van der Waals surface area contributed by atoms with Crippen LogP contribution in [-0.4, -0.2) is 39.2 Å². The van der Waals surface area contributed by atoms with E-state index < -0.39 is 9.84 Å². The molecule has 0 saturated carbocycles. The summed E-state index contributed by atoms with van der Waals surface area (Å²) in [4.78, 5) is 2.62. The van der Waals surface area contributed by atoms with E-state index in [4.69, 9.17) is 0 Å². The third kappa shape index (κ3) is 4.01. The average Bonchev–Trinajstić information content (AvgIpc) is 2.55. The van der Waals surface area contributed by atoms with Gasteiger partial charge in [-0.15, -0.1) is 0 Å². The van der Waals surface area contributed by atoms with Crippen molar-refractivity contribution in [3.05, 3.63) is 65.5 Å². The molecule has 1 fully saturated rings. The zero-order chi connectivity index (χ0) is 17.2. The highest BCUT2D eigenvalue weighted by molar-refractivity contribution is 7.90. The molecule has 1 saturated heterocycles. The van der Waals surface area contributed by atoms with Crippen molar-refractivity contribution >= 4 is 9.84 Å². The van der Waals surface area contributed by atoms with Crippen molar-refractivity contribution < 1.29 is 12.8 Å². The molecule has 6 heteroatoms. The summed E-state index contributed by atoms with van der Waals surface area (Å²) in [6.45, 7) is 3.21. The molecule has 1 N–H and O–H groups in total. The van der Waals surface area contributed by atoms with Gasteiger partial charge in [0, 0.05) is 38.5 Å². The first-order valence-electron chi connectivity index (χ1n) is 7.93. The Morgan fingerprint density at radius 1 is 1.21 bits per heavy atom. The fraction of sp³-hybridized carbons (Fsp3) is 0.333. The Morgan fingerprint density at radius 2 is 1.96 bits per heavy atom. The first-order chi connectivity index (χ1) is 11.4. The number of sulfone groups is 1. The molecule has 0 amide bonds. The zero-order valence-electron chi connectivity index (χ0n) is 13.6. The Hall–Kier alpha value is -1.76. The molecule has 2 aromatic carbocycles. The SMILES string of the molecule is CS(=O)(=O)c1ccc(CN2CCNCC2c2cccc(F)c2)cc1. The van der Waals surface area contributed by atoms with Gasteiger partial charge in [0.1, 0.15) is 5.82 Å². The van der Waals surface area contributed by atoms with Crippen LogP contribution >= 0.6 is 0 Å². The normalized spacial score (nSPS) is 19.3. The fourth-order valence-electron chi connectivity index (χ4n) is 3.05. The van der Waals surface area contributed by atoms with Gasteiger partial charge in [-0.05, 0) is 35.4 Å². The predicted octanol–water partition coefficient (Wildman–Crippen LogP) is 2.38. The molecule has 128 valence electrons. The van der Waals surface area contributed by atoms with Crippen molar-refractivity contribution in [2.24, 2.45) is 0 Å². The van der Waals surface area contributed by atoms with Crippen LogP contribution < -0.4 is 5.32 Å². The maximum absolute atomic E-state index is 13.5. The summed E-state index contributed by atoms with van der Waals surface area (Å²) in [7, 11) is -3.18. The Labute approximate surface area is 142 Å². The predicted molar refractivity (Wildman–Crippen MR) is 92.0 cm³/mol. The number of nitrogens with zero attached hydrogens (tertiary/aromatic N) is 1. The van der Waals surface area contributed by atoms with Crippen molar-refractivity contribution in [1.82, 2.24) is 10.2 Å². The highest BCUT2D eigenvalue weighted by atomic mass is 32.2. The third-order valence-corrected chi connectivity index (χ3v) is 5.45. The number of benzene rings is 2. The number of hydrogen-bond acceptors (Lipinski definition) is 4. The van der Waals surface area contributed by atoms with Crippen molar-refractivity contribution in [1.29, 1.82) is 0 Å². The summed E-state index contributed by atoms with van der Waals surface area (Å²) < 4.78 is 36.6. The minimum absolute atomic E-state index is 0.101. The van der Waals surface area contributed by atoms with Crippen LogP contribution in [0.1, 0.15) is 17.2 Å². The molecule has 0 aliphatic carbocycles. The Morgan fingerprint density at radius 3 is 2.62 bits per heavy atom. The Kier molecular flexibility index (Phi) is 4.99. The van der Waals surface area contributed by atoms with Gasteiger partial charge in [0.2, 0.25) is 0 Å². The molecule has 24 heavy (non-hydrogen) atoms. The maximum atomic E-state index is 13.5. The summed E-state index contributed by atoms with van der Waals surface area (Å²) >= 11 is 0. The van der Waals surface area contributed by atoms with Gasteiger partial charge in [0.25, 0.3) is 0 Å². The van der Waals surface area contributed by atoms with Gasteiger partial charge in [0.15, 0.2) is 9.84 Å². The van der Waals surface area contributed by atoms with E-state index in [1.807, 2.05) is 18.2 Å². The van der Waals surface area contributed by atoms with E-state index in [0.717, 1.165) is 30.8 Å². The smallest absolute Gasteiger partial charge is 0.175 e. The summed E-state index contributed by atoms with van der Waals surface area (Å²) in [6, 6.07) is 13.8. The zero-order valence-corrected chi connectivity index (χ0v) is 14.4. The van der Waals surface area contributed by atoms with Gasteiger partial charge in [-0.2, -0.15) is 0 Å². The summed E-state index contributed by atoms with van der Waals surface area (Å²) in [6.07, 6.45) is 1.21. The van der Waals surface area contributed by atoms with Gasteiger partial charge in [0.05, 0.1) is 4.90 Å². The van der Waals surface area contributed by atoms with Crippen molar-refractivity contribution in [3.8, 4) is 0 Å². The van der Waals surface area contributed by atoms with Gasteiger partial charge in [-0.3, -0.25) is 4.90 Å². The molecule has 1 aliphatic rings. The van der Waals surface area contributed by atoms with Crippen LogP contribution in [0.2, 0.25) is 0 Å². The third-order valence-electron chi connectivity index (χ3n) is 4.32. The van der Waals surface area contributed by atoms with Gasteiger partial charge in [-0.1, -0.05) is 24.3 Å². The molecule has 0 spiro atoms. The molecule has 1 aliphatic heterocycles. The molecule has 0 aromatic heterocycles. The largest absolute Gasteiger partial charge is 0.314 e. The van der Waals surface area contributed by atoms with Crippen molar-refractivity contribution in [2.45, 2.75) is 17.5 Å². The van der Waals surface area contributed by atoms with E-state index in [0.29, 0.717) is 11.4 Å². The van der Waals surface area contributed by atoms with Gasteiger partial charge < -0.3 is 5.32 Å². The number of halogens is 1. The van der Waals surface area contributed by atoms with E-state index in [-0.39, 0.29) is 11.9 Å². The lowest BCUT2D eigenvalue weighted by molar-refractivity contribution is 0.153. The number of nitrogens with one attached hydrogen (secondary N) is 1. The van der Waals surface area contributed by atoms with Gasteiger partial charge >= 0.3 is 0 Å². The van der Waals surface area contributed by atoms with Crippen LogP contribution in [0, 0.1) is 5.82 Å². The van der Waals surface area contributed by atoms with Crippen LogP contribution in [0.25, 0.3) is 0 Å². The lowest BCUT2D eigenvalue weighted by atomic mass is 10.0. The molecule has 0 radical (unpaired) electrons. The molecule has 1 atom stereocenters. The topological polar surface area (TPSA) is 49.4 Å². The maximum Gasteiger partial charge on any atom is 0.175 e. The standard InChI is InChI=1S/C18H21FN2O2S/c1-24(22,23)17-7-5-14(6-8-17)13-21-10-9-20-12-18(21)15-3-2-4-16(19)11-15/h2-8,11,18,20H,9-10,12-13H2,1H3. The second-order valence-electron chi connectivity index (χ2n) is 6.16. The van der Waals surface area contributed by atoms with E-state index >= 15 is 0 Å². The highest BCUT2D eigenvalue weighted by Crippen LogP contribution is 2.25. The molecule has 0 bridgehead atoms. The number of hydrogen-bond donors (Lipinski definition) is 1. The minimum atomic E-state index is -3.18. The first-order valence-corrected chi connectivity index (χ1v) is 9.82. The average molecular weight is 348 g/mol. The second-order valence-corrected chi connectivity index (χ2v) is 8.18. The quantitative estimate of drug-likeness (QED) is 0.922. The lowest BCUT2D eigenvalue weighted by Gasteiger charge is -2.36. The summed E-state index contributed by atoms with van der Waals surface area (Å²) in [5.74, 6) is -0.226.